The molecule has 3 atom stereocenters. The first-order chi connectivity index (χ1) is 36.6. The summed E-state index contributed by atoms with van der Waals surface area (Å²) in [6.07, 6.45) is 37.7. The van der Waals surface area contributed by atoms with E-state index in [1.807, 2.05) is 0 Å². The second-order valence-corrected chi connectivity index (χ2v) is 21.7. The Morgan fingerprint density at radius 3 is 0.684 bits per heavy atom. The summed E-state index contributed by atoms with van der Waals surface area (Å²) >= 11 is 0. The summed E-state index contributed by atoms with van der Waals surface area (Å²) < 4.78 is 0. The van der Waals surface area contributed by atoms with Crippen LogP contribution in [0.25, 0.3) is 0 Å². The lowest BCUT2D eigenvalue weighted by Crippen LogP contribution is -2.06. The highest BCUT2D eigenvalue weighted by molar-refractivity contribution is 6.00. The van der Waals surface area contributed by atoms with Gasteiger partial charge in [-0.3, -0.25) is 14.4 Å². The molecule has 0 heterocycles. The maximum absolute atomic E-state index is 12.3. The molecule has 3 aromatic rings. The average Bonchev–Trinajstić information content (AvgIpc) is 3.39. The number of Topliss-reactive ketones (excluding diaryl/α,β-unsaturated/α-hetero) is 3. The quantitative estimate of drug-likeness (QED) is 0.0146. The van der Waals surface area contributed by atoms with Gasteiger partial charge >= 0.3 is 0 Å². The number of rotatable bonds is 43. The van der Waals surface area contributed by atoms with Crippen LogP contribution in [0, 0.1) is 17.8 Å². The minimum atomic E-state index is -0.111. The summed E-state index contributed by atoms with van der Waals surface area (Å²) in [5, 5.41) is 83.7. The summed E-state index contributed by atoms with van der Waals surface area (Å²) in [7, 11) is 0. The molecule has 0 amide bonds. The van der Waals surface area contributed by atoms with Crippen LogP contribution in [0.5, 0.6) is 34.5 Å². The van der Waals surface area contributed by atoms with Gasteiger partial charge in [0.25, 0.3) is 0 Å². The minimum Gasteiger partial charge on any atom is -0.508 e. The lowest BCUT2D eigenvalue weighted by Gasteiger charge is -2.11. The van der Waals surface area contributed by atoms with Gasteiger partial charge in [0.1, 0.15) is 34.5 Å². The number of phenolic OH excluding ortho intramolecular Hbond substituents is 6. The van der Waals surface area contributed by atoms with Crippen LogP contribution in [0.3, 0.4) is 0 Å². The fourth-order valence-electron chi connectivity index (χ4n) is 9.53. The van der Waals surface area contributed by atoms with Crippen molar-refractivity contribution in [1.29, 1.82) is 0 Å². The standard InChI is InChI=1S/C23H38O4.C21H34O4.C20H32O4/c1-19(17-23(27)21-18-20(25)14-15-22(21)26)13-11-9-7-5-3-2-4-6-8-10-12-16-24;1-17(11-9-7-5-3-2-4-6-8-10-14-22)15-21(25)19-16-18(23)12-13-20(19)24;1-16(10-8-6-4-2-3-5-7-9-13-21)14-20(24)18-15-17(22)11-12-19(18)23/h14-15,18-19,24-26H,2-13,16-17H2,1H3;12-13,16-17,22-24H,2-11,14-15H2,1H3;11-12,15-16,21-23H,2-10,13-14H2,1H3. The molecule has 0 aromatic heterocycles. The average molecular weight is 1070 g/mol. The number of unbranched alkanes of at least 4 members (excludes halogenated alkanes) is 25. The summed E-state index contributed by atoms with van der Waals surface area (Å²) in [5.41, 5.74) is 0.649. The Morgan fingerprint density at radius 2 is 0.487 bits per heavy atom. The number of phenols is 6. The minimum absolute atomic E-state index is 0.00258. The topological polar surface area (TPSA) is 233 Å². The van der Waals surface area contributed by atoms with Crippen LogP contribution in [0.4, 0.5) is 0 Å². The fraction of sp³-hybridized carbons (Fsp3) is 0.672. The van der Waals surface area contributed by atoms with Crippen molar-refractivity contribution < 1.29 is 60.3 Å². The third-order valence-electron chi connectivity index (χ3n) is 14.3. The maximum Gasteiger partial charge on any atom is 0.166 e. The van der Waals surface area contributed by atoms with E-state index >= 15 is 0 Å². The van der Waals surface area contributed by atoms with Gasteiger partial charge in [-0.1, -0.05) is 201 Å². The van der Waals surface area contributed by atoms with Gasteiger partial charge in [-0.25, -0.2) is 0 Å². The number of hydrogen-bond acceptors (Lipinski definition) is 12. The largest absolute Gasteiger partial charge is 0.508 e. The second-order valence-electron chi connectivity index (χ2n) is 21.7. The zero-order chi connectivity index (χ0) is 56.2. The molecule has 0 bridgehead atoms. The number of hydrogen-bond donors (Lipinski definition) is 9. The molecule has 0 saturated heterocycles. The number of ketones is 3. The molecule has 9 N–H and O–H groups in total. The maximum atomic E-state index is 12.3. The zero-order valence-corrected chi connectivity index (χ0v) is 47.3. The van der Waals surface area contributed by atoms with Crippen LogP contribution in [-0.2, 0) is 0 Å². The molecular formula is C64H104O12. The van der Waals surface area contributed by atoms with Gasteiger partial charge in [-0.05, 0) is 91.6 Å². The van der Waals surface area contributed by atoms with Crippen molar-refractivity contribution in [2.24, 2.45) is 17.8 Å². The van der Waals surface area contributed by atoms with Crippen molar-refractivity contribution in [3.63, 3.8) is 0 Å². The second kappa shape index (κ2) is 45.4. The molecule has 76 heavy (non-hydrogen) atoms. The normalized spacial score (nSPS) is 12.2. The monoisotopic (exact) mass is 1060 g/mol. The van der Waals surface area contributed by atoms with E-state index in [1.165, 1.54) is 177 Å². The molecule has 0 spiro atoms. The summed E-state index contributed by atoms with van der Waals surface area (Å²) in [6, 6.07) is 12.2. The molecule has 0 radical (unpaired) electrons. The van der Waals surface area contributed by atoms with Crippen LogP contribution in [0.2, 0.25) is 0 Å². The predicted octanol–water partition coefficient (Wildman–Crippen LogP) is 16.0. The molecular weight excluding hydrogens is 961 g/mol. The van der Waals surface area contributed by atoms with Crippen molar-refractivity contribution in [2.75, 3.05) is 19.8 Å². The first-order valence-corrected chi connectivity index (χ1v) is 29.6. The molecule has 12 nitrogen and oxygen atoms in total. The number of benzene rings is 3. The van der Waals surface area contributed by atoms with Crippen molar-refractivity contribution >= 4 is 17.3 Å². The van der Waals surface area contributed by atoms with Gasteiger partial charge in [0.2, 0.25) is 0 Å². The molecule has 0 aliphatic carbocycles. The number of aliphatic hydroxyl groups excluding tert-OH is 3. The smallest absolute Gasteiger partial charge is 0.166 e. The zero-order valence-electron chi connectivity index (χ0n) is 47.3. The Labute approximate surface area is 458 Å². The highest BCUT2D eigenvalue weighted by atomic mass is 16.3. The van der Waals surface area contributed by atoms with Gasteiger partial charge in [0.15, 0.2) is 17.3 Å². The molecule has 0 aliphatic rings. The lowest BCUT2D eigenvalue weighted by atomic mass is 9.94. The molecule has 3 rings (SSSR count). The Kier molecular flexibility index (Phi) is 41.4. The molecule has 0 fully saturated rings. The van der Waals surface area contributed by atoms with E-state index in [2.05, 4.69) is 20.8 Å². The summed E-state index contributed by atoms with van der Waals surface area (Å²) in [5.74, 6) is 0.369. The summed E-state index contributed by atoms with van der Waals surface area (Å²) in [6.45, 7) is 7.15. The molecule has 3 unspecified atom stereocenters. The number of aliphatic hydroxyl groups is 3. The first kappa shape index (κ1) is 69.4. The highest BCUT2D eigenvalue weighted by Crippen LogP contribution is 2.29. The van der Waals surface area contributed by atoms with E-state index in [1.54, 1.807) is 0 Å². The number of aromatic hydroxyl groups is 6. The van der Waals surface area contributed by atoms with Crippen molar-refractivity contribution in [1.82, 2.24) is 0 Å². The van der Waals surface area contributed by atoms with Gasteiger partial charge in [0, 0.05) is 39.1 Å². The molecule has 0 aliphatic heterocycles. The Bertz CT molecular complexity index is 1950. The van der Waals surface area contributed by atoms with E-state index in [0.29, 0.717) is 39.1 Å². The van der Waals surface area contributed by atoms with Gasteiger partial charge in [-0.2, -0.15) is 0 Å². The molecule has 432 valence electrons. The van der Waals surface area contributed by atoms with Crippen molar-refractivity contribution in [3.8, 4) is 34.5 Å². The third kappa shape index (κ3) is 35.6. The van der Waals surface area contributed by atoms with Gasteiger partial charge in [-0.15, -0.1) is 0 Å². The van der Waals surface area contributed by atoms with Crippen molar-refractivity contribution in [3.05, 3.63) is 71.3 Å². The molecule has 0 saturated carbocycles. The lowest BCUT2D eigenvalue weighted by molar-refractivity contribution is 0.0950. The van der Waals surface area contributed by atoms with Crippen LogP contribution < -0.4 is 0 Å². The van der Waals surface area contributed by atoms with E-state index < -0.39 is 0 Å². The highest BCUT2D eigenvalue weighted by Gasteiger charge is 2.18. The predicted molar refractivity (Wildman–Crippen MR) is 308 cm³/mol. The number of carbonyl (C=O) groups excluding carboxylic acids is 3. The van der Waals surface area contributed by atoms with Gasteiger partial charge < -0.3 is 46.0 Å². The van der Waals surface area contributed by atoms with E-state index in [0.717, 1.165) is 77.0 Å². The van der Waals surface area contributed by atoms with Crippen LogP contribution in [0.15, 0.2) is 54.6 Å². The van der Waals surface area contributed by atoms with Crippen molar-refractivity contribution in [2.45, 2.75) is 239 Å². The fourth-order valence-corrected chi connectivity index (χ4v) is 9.53. The Balaban J connectivity index is 0.000000571. The Morgan fingerprint density at radius 1 is 0.303 bits per heavy atom. The molecule has 3 aromatic carbocycles. The van der Waals surface area contributed by atoms with Crippen LogP contribution in [-0.4, -0.2) is 83.1 Å². The van der Waals surface area contributed by atoms with E-state index in [9.17, 15) is 45.0 Å². The van der Waals surface area contributed by atoms with Gasteiger partial charge in [0.05, 0.1) is 16.7 Å². The van der Waals surface area contributed by atoms with Crippen LogP contribution in [0.1, 0.15) is 270 Å². The summed E-state index contributed by atoms with van der Waals surface area (Å²) in [4.78, 5) is 36.7. The first-order valence-electron chi connectivity index (χ1n) is 29.6. The molecule has 12 heteroatoms. The third-order valence-corrected chi connectivity index (χ3v) is 14.3. The SMILES string of the molecule is CC(CCCCCCCCCCCCCO)CC(=O)c1cc(O)ccc1O.CC(CCCCCCCCCCCO)CC(=O)c1cc(O)ccc1O.CC(CCCCCCCCCCO)CC(=O)c1cc(O)ccc1O. The Hall–Kier alpha value is -4.65. The van der Waals surface area contributed by atoms with E-state index in [4.69, 9.17) is 15.3 Å². The van der Waals surface area contributed by atoms with Crippen LogP contribution >= 0.6 is 0 Å². The number of carbonyl (C=O) groups is 3. The van der Waals surface area contributed by atoms with E-state index in [-0.39, 0.29) is 86.3 Å².